The summed E-state index contributed by atoms with van der Waals surface area (Å²) in [5, 5.41) is 10.1. The highest BCUT2D eigenvalue weighted by atomic mass is 32.2. The van der Waals surface area contributed by atoms with Gasteiger partial charge in [-0.3, -0.25) is 19.3 Å². The highest BCUT2D eigenvalue weighted by Gasteiger charge is 2.64. The second kappa shape index (κ2) is 6.23. The van der Waals surface area contributed by atoms with Gasteiger partial charge in [0, 0.05) is 18.6 Å². The molecule has 3 rings (SSSR count). The van der Waals surface area contributed by atoms with E-state index in [2.05, 4.69) is 0 Å². The average Bonchev–Trinajstić information content (AvgIpc) is 2.48. The summed E-state index contributed by atoms with van der Waals surface area (Å²) in [6.45, 7) is 6.62. The first-order valence-corrected chi connectivity index (χ1v) is 9.73. The standard InChI is InChI=1S/C17H24N2O6S/c1-16(2,3)25-15(23)12-17(4,24)8-26-14-11(13(22)19(12)14)18-9(20)6-5-7-10(18)21/h11-12,14,24H,5-8H2,1-4H3/t11?,12?,14-,17-/m1/s1. The number of ether oxygens (including phenoxy) is 1. The van der Waals surface area contributed by atoms with E-state index in [1.807, 2.05) is 0 Å². The molecule has 1 N–H and O–H groups in total. The lowest BCUT2D eigenvalue weighted by molar-refractivity contribution is -0.190. The van der Waals surface area contributed by atoms with Gasteiger partial charge in [0.05, 0.1) is 0 Å². The van der Waals surface area contributed by atoms with E-state index in [1.165, 1.54) is 23.6 Å². The van der Waals surface area contributed by atoms with E-state index < -0.39 is 40.5 Å². The van der Waals surface area contributed by atoms with Crippen molar-refractivity contribution in [2.45, 2.75) is 75.6 Å². The predicted molar refractivity (Wildman–Crippen MR) is 92.8 cm³/mol. The monoisotopic (exact) mass is 384 g/mol. The zero-order chi connectivity index (χ0) is 19.4. The van der Waals surface area contributed by atoms with Gasteiger partial charge in [-0.25, -0.2) is 4.79 Å². The molecule has 0 spiro atoms. The third kappa shape index (κ3) is 3.11. The number of amides is 3. The second-order valence-corrected chi connectivity index (χ2v) is 9.30. The molecule has 3 saturated heterocycles. The molecule has 9 heteroatoms. The third-order valence-corrected chi connectivity index (χ3v) is 6.27. The molecule has 3 fully saturated rings. The molecule has 2 unspecified atom stereocenters. The Morgan fingerprint density at radius 3 is 2.35 bits per heavy atom. The first-order valence-electron chi connectivity index (χ1n) is 8.68. The molecule has 26 heavy (non-hydrogen) atoms. The number of hydrogen-bond acceptors (Lipinski definition) is 7. The summed E-state index contributed by atoms with van der Waals surface area (Å²) in [7, 11) is 0. The molecule has 0 bridgehead atoms. The fraction of sp³-hybridized carbons (Fsp3) is 0.765. The van der Waals surface area contributed by atoms with Crippen LogP contribution in [-0.4, -0.2) is 73.0 Å². The summed E-state index contributed by atoms with van der Waals surface area (Å²) >= 11 is 1.27. The zero-order valence-corrected chi connectivity index (χ0v) is 16.2. The lowest BCUT2D eigenvalue weighted by Crippen LogP contribution is -2.80. The summed E-state index contributed by atoms with van der Waals surface area (Å²) in [6, 6.07) is -2.06. The number of carbonyl (C=O) groups excluding carboxylic acids is 4. The van der Waals surface area contributed by atoms with Crippen LogP contribution in [0.2, 0.25) is 0 Å². The molecule has 144 valence electrons. The summed E-state index contributed by atoms with van der Waals surface area (Å²) in [4.78, 5) is 52.1. The van der Waals surface area contributed by atoms with Gasteiger partial charge in [-0.05, 0) is 34.1 Å². The van der Waals surface area contributed by atoms with E-state index in [0.717, 1.165) is 4.90 Å². The Balaban J connectivity index is 1.86. The van der Waals surface area contributed by atoms with Crippen LogP contribution in [0.25, 0.3) is 0 Å². The van der Waals surface area contributed by atoms with Crippen molar-refractivity contribution in [3.63, 3.8) is 0 Å². The highest BCUT2D eigenvalue weighted by Crippen LogP contribution is 2.45. The molecule has 8 nitrogen and oxygen atoms in total. The van der Waals surface area contributed by atoms with Crippen LogP contribution in [0.3, 0.4) is 0 Å². The maximum absolute atomic E-state index is 12.8. The van der Waals surface area contributed by atoms with Crippen LogP contribution in [-0.2, 0) is 23.9 Å². The van der Waals surface area contributed by atoms with Gasteiger partial charge in [0.25, 0.3) is 5.91 Å². The average molecular weight is 384 g/mol. The number of hydrogen-bond donors (Lipinski definition) is 1. The Morgan fingerprint density at radius 1 is 1.23 bits per heavy atom. The van der Waals surface area contributed by atoms with Crippen molar-refractivity contribution in [3.8, 4) is 0 Å². The predicted octanol–water partition coefficient (Wildman–Crippen LogP) is 0.270. The number of aliphatic hydroxyl groups is 1. The first-order chi connectivity index (χ1) is 11.9. The van der Waals surface area contributed by atoms with Crippen LogP contribution < -0.4 is 0 Å². The van der Waals surface area contributed by atoms with Crippen LogP contribution in [0.4, 0.5) is 0 Å². The minimum Gasteiger partial charge on any atom is -0.458 e. The molecule has 4 atom stereocenters. The van der Waals surface area contributed by atoms with Crippen molar-refractivity contribution in [3.05, 3.63) is 0 Å². The van der Waals surface area contributed by atoms with Gasteiger partial charge >= 0.3 is 5.97 Å². The molecule has 3 amide bonds. The van der Waals surface area contributed by atoms with Crippen molar-refractivity contribution in [2.75, 3.05) is 5.75 Å². The second-order valence-electron chi connectivity index (χ2n) is 8.20. The summed E-state index contributed by atoms with van der Waals surface area (Å²) in [5.41, 5.74) is -2.22. The van der Waals surface area contributed by atoms with Gasteiger partial charge in [0.15, 0.2) is 6.04 Å². The largest absolute Gasteiger partial charge is 0.458 e. The van der Waals surface area contributed by atoms with Crippen molar-refractivity contribution in [2.24, 2.45) is 0 Å². The molecule has 0 aromatic carbocycles. The highest BCUT2D eigenvalue weighted by molar-refractivity contribution is 8.00. The smallest absolute Gasteiger partial charge is 0.332 e. The number of carbonyl (C=O) groups is 4. The number of esters is 1. The van der Waals surface area contributed by atoms with Crippen molar-refractivity contribution in [1.29, 1.82) is 0 Å². The third-order valence-electron chi connectivity index (χ3n) is 4.69. The number of imide groups is 1. The molecule has 0 aromatic heterocycles. The lowest BCUT2D eigenvalue weighted by atomic mass is 9.89. The summed E-state index contributed by atoms with van der Waals surface area (Å²) in [6.07, 6.45) is 0.964. The van der Waals surface area contributed by atoms with Crippen LogP contribution >= 0.6 is 11.8 Å². The minimum atomic E-state index is -1.46. The Morgan fingerprint density at radius 2 is 1.81 bits per heavy atom. The molecule has 3 aliphatic rings. The number of rotatable bonds is 2. The van der Waals surface area contributed by atoms with Crippen LogP contribution in [0, 0.1) is 0 Å². The number of likely N-dealkylation sites (tertiary alicyclic amines) is 1. The van der Waals surface area contributed by atoms with Crippen LogP contribution in [0.15, 0.2) is 0 Å². The molecule has 3 heterocycles. The van der Waals surface area contributed by atoms with Gasteiger partial charge in [0.2, 0.25) is 11.8 Å². The van der Waals surface area contributed by atoms with E-state index in [-0.39, 0.29) is 30.4 Å². The van der Waals surface area contributed by atoms with Crippen molar-refractivity contribution in [1.82, 2.24) is 9.80 Å². The Kier molecular flexibility index (Phi) is 4.59. The lowest BCUT2D eigenvalue weighted by Gasteiger charge is -2.58. The molecular weight excluding hydrogens is 360 g/mol. The maximum atomic E-state index is 12.8. The van der Waals surface area contributed by atoms with Gasteiger partial charge in [-0.15, -0.1) is 11.8 Å². The van der Waals surface area contributed by atoms with E-state index in [0.29, 0.717) is 6.42 Å². The van der Waals surface area contributed by atoms with Crippen molar-refractivity contribution >= 4 is 35.5 Å². The van der Waals surface area contributed by atoms with E-state index >= 15 is 0 Å². The molecule has 0 radical (unpaired) electrons. The Hall–Kier alpha value is -1.61. The van der Waals surface area contributed by atoms with Gasteiger partial charge in [-0.2, -0.15) is 0 Å². The SMILES string of the molecule is CC(C)(C)OC(=O)C1N2C(=O)C(N3C(=O)CCCC3=O)[C@H]2SC[C@@]1(C)O. The molecule has 0 aromatic rings. The maximum Gasteiger partial charge on any atom is 0.332 e. The van der Waals surface area contributed by atoms with Gasteiger partial charge in [0.1, 0.15) is 22.6 Å². The molecular formula is C17H24N2O6S. The number of nitrogens with zero attached hydrogens (tertiary/aromatic N) is 2. The van der Waals surface area contributed by atoms with E-state index in [9.17, 15) is 24.3 Å². The first kappa shape index (κ1) is 19.2. The fourth-order valence-corrected chi connectivity index (χ4v) is 5.07. The number of thioether (sulfide) groups is 1. The van der Waals surface area contributed by atoms with Crippen LogP contribution in [0.1, 0.15) is 47.0 Å². The Labute approximate surface area is 156 Å². The summed E-state index contributed by atoms with van der Waals surface area (Å²) in [5.74, 6) is -1.70. The Bertz CT molecular complexity index is 655. The fourth-order valence-electron chi connectivity index (χ4n) is 3.59. The van der Waals surface area contributed by atoms with E-state index in [4.69, 9.17) is 4.74 Å². The minimum absolute atomic E-state index is 0.193. The van der Waals surface area contributed by atoms with E-state index in [1.54, 1.807) is 20.8 Å². The number of fused-ring (bicyclic) bond motifs is 1. The normalized spacial score (nSPS) is 35.1. The van der Waals surface area contributed by atoms with Gasteiger partial charge in [-0.1, -0.05) is 0 Å². The van der Waals surface area contributed by atoms with Gasteiger partial charge < -0.3 is 14.7 Å². The molecule has 0 aliphatic carbocycles. The number of piperidine rings is 1. The molecule has 0 saturated carbocycles. The zero-order valence-electron chi connectivity index (χ0n) is 15.4. The van der Waals surface area contributed by atoms with Crippen LogP contribution in [0.5, 0.6) is 0 Å². The quantitative estimate of drug-likeness (QED) is 0.414. The molecule has 3 aliphatic heterocycles. The topological polar surface area (TPSA) is 104 Å². The number of β-lactam (4-membered cyclic amide) rings is 1. The summed E-state index contributed by atoms with van der Waals surface area (Å²) < 4.78 is 5.39. The van der Waals surface area contributed by atoms with Crippen molar-refractivity contribution < 1.29 is 29.0 Å².